The molecular weight excluding hydrogens is 176 g/mol. The second-order valence-electron chi connectivity index (χ2n) is 3.60. The average Bonchev–Trinajstić information content (AvgIpc) is 2.14. The van der Waals surface area contributed by atoms with E-state index in [4.69, 9.17) is 9.47 Å². The zero-order valence-corrected chi connectivity index (χ0v) is 10.8. The maximum absolute atomic E-state index is 5.40. The van der Waals surface area contributed by atoms with E-state index in [2.05, 4.69) is 34.6 Å². The van der Waals surface area contributed by atoms with Crippen molar-refractivity contribution in [3.05, 3.63) is 0 Å². The van der Waals surface area contributed by atoms with Gasteiger partial charge in [0, 0.05) is 13.2 Å². The van der Waals surface area contributed by atoms with Crippen molar-refractivity contribution in [3.8, 4) is 0 Å². The maximum atomic E-state index is 5.40. The molecule has 0 rings (SSSR count). The minimum Gasteiger partial charge on any atom is -0.382 e. The Labute approximate surface area is 90.0 Å². The van der Waals surface area contributed by atoms with Gasteiger partial charge in [-0.2, -0.15) is 0 Å². The SMILES string of the molecule is CCC(C)OC(C)C.CCCOCC. The predicted octanol–water partition coefficient (Wildman–Crippen LogP) is 3.64. The van der Waals surface area contributed by atoms with Crippen LogP contribution < -0.4 is 0 Å². The van der Waals surface area contributed by atoms with Crippen molar-refractivity contribution in [2.24, 2.45) is 0 Å². The lowest BCUT2D eigenvalue weighted by Crippen LogP contribution is -2.12. The van der Waals surface area contributed by atoms with Gasteiger partial charge in [-0.15, -0.1) is 0 Å². The van der Waals surface area contributed by atoms with Gasteiger partial charge < -0.3 is 9.47 Å². The van der Waals surface area contributed by atoms with E-state index in [1.165, 1.54) is 0 Å². The quantitative estimate of drug-likeness (QED) is 0.615. The summed E-state index contributed by atoms with van der Waals surface area (Å²) in [5.74, 6) is 0. The van der Waals surface area contributed by atoms with E-state index in [0.29, 0.717) is 12.2 Å². The van der Waals surface area contributed by atoms with Crippen LogP contribution in [0.25, 0.3) is 0 Å². The lowest BCUT2D eigenvalue weighted by molar-refractivity contribution is 0.0172. The molecule has 0 N–H and O–H groups in total. The van der Waals surface area contributed by atoms with E-state index in [9.17, 15) is 0 Å². The highest BCUT2D eigenvalue weighted by Gasteiger charge is 1.99. The van der Waals surface area contributed by atoms with Crippen molar-refractivity contribution in [2.75, 3.05) is 13.2 Å². The van der Waals surface area contributed by atoms with Crippen LogP contribution in [0.1, 0.15) is 54.4 Å². The Hall–Kier alpha value is -0.0800. The normalized spacial score (nSPS) is 12.2. The fraction of sp³-hybridized carbons (Fsp3) is 1.00. The van der Waals surface area contributed by atoms with Crippen molar-refractivity contribution >= 4 is 0 Å². The summed E-state index contributed by atoms with van der Waals surface area (Å²) in [5.41, 5.74) is 0. The molecule has 0 fully saturated rings. The first-order chi connectivity index (χ1) is 6.58. The molecule has 0 amide bonds. The molecule has 0 saturated heterocycles. The molecule has 0 radical (unpaired) electrons. The maximum Gasteiger partial charge on any atom is 0.0547 e. The molecule has 0 aromatic rings. The molecule has 1 atom stereocenters. The van der Waals surface area contributed by atoms with Gasteiger partial charge in [0.25, 0.3) is 0 Å². The van der Waals surface area contributed by atoms with Gasteiger partial charge in [0.1, 0.15) is 0 Å². The van der Waals surface area contributed by atoms with Crippen LogP contribution in [0, 0.1) is 0 Å². The van der Waals surface area contributed by atoms with Gasteiger partial charge >= 0.3 is 0 Å². The first kappa shape index (κ1) is 16.4. The first-order valence-electron chi connectivity index (χ1n) is 5.81. The molecule has 0 aliphatic rings. The molecule has 2 heteroatoms. The van der Waals surface area contributed by atoms with Crippen LogP contribution in [0.2, 0.25) is 0 Å². The average molecular weight is 204 g/mol. The van der Waals surface area contributed by atoms with Crippen LogP contribution in [-0.2, 0) is 9.47 Å². The number of hydrogen-bond acceptors (Lipinski definition) is 2. The zero-order chi connectivity index (χ0) is 11.4. The largest absolute Gasteiger partial charge is 0.382 e. The summed E-state index contributed by atoms with van der Waals surface area (Å²) in [6.07, 6.45) is 3.05. The molecule has 1 unspecified atom stereocenters. The molecular formula is C12H28O2. The Morgan fingerprint density at radius 3 is 1.71 bits per heavy atom. The van der Waals surface area contributed by atoms with Crippen LogP contribution >= 0.6 is 0 Å². The molecule has 0 bridgehead atoms. The van der Waals surface area contributed by atoms with Gasteiger partial charge in [0.2, 0.25) is 0 Å². The Kier molecular flexibility index (Phi) is 15.1. The van der Waals surface area contributed by atoms with Gasteiger partial charge in [0.05, 0.1) is 12.2 Å². The molecule has 2 nitrogen and oxygen atoms in total. The van der Waals surface area contributed by atoms with Crippen molar-refractivity contribution in [1.82, 2.24) is 0 Å². The fourth-order valence-corrected chi connectivity index (χ4v) is 0.850. The molecule has 0 saturated carbocycles. The molecule has 0 spiro atoms. The molecule has 88 valence electrons. The van der Waals surface area contributed by atoms with Crippen molar-refractivity contribution in [2.45, 2.75) is 66.6 Å². The highest BCUT2D eigenvalue weighted by molar-refractivity contribution is 4.46. The summed E-state index contributed by atoms with van der Waals surface area (Å²) in [5, 5.41) is 0. The Morgan fingerprint density at radius 2 is 1.57 bits per heavy atom. The molecule has 0 aromatic carbocycles. The lowest BCUT2D eigenvalue weighted by atomic mass is 10.3. The second kappa shape index (κ2) is 12.9. The Bertz CT molecular complexity index is 88.3. The van der Waals surface area contributed by atoms with Gasteiger partial charge in [-0.05, 0) is 40.5 Å². The van der Waals surface area contributed by atoms with Crippen LogP contribution in [0.4, 0.5) is 0 Å². The number of ether oxygens (including phenoxy) is 2. The van der Waals surface area contributed by atoms with E-state index >= 15 is 0 Å². The van der Waals surface area contributed by atoms with Gasteiger partial charge in [-0.1, -0.05) is 13.8 Å². The third-order valence-electron chi connectivity index (χ3n) is 1.63. The van der Waals surface area contributed by atoms with Crippen LogP contribution in [0.15, 0.2) is 0 Å². The van der Waals surface area contributed by atoms with Crippen molar-refractivity contribution in [1.29, 1.82) is 0 Å². The van der Waals surface area contributed by atoms with Crippen molar-refractivity contribution < 1.29 is 9.47 Å². The van der Waals surface area contributed by atoms with Gasteiger partial charge in [-0.25, -0.2) is 0 Å². The number of hydrogen-bond donors (Lipinski definition) is 0. The van der Waals surface area contributed by atoms with Crippen LogP contribution in [0.3, 0.4) is 0 Å². The standard InChI is InChI=1S/C7H16O.C5H12O/c1-5-7(4)8-6(2)3;1-3-5-6-4-2/h6-7H,5H2,1-4H3;3-5H2,1-2H3. The molecule has 0 aromatic heterocycles. The Balaban J connectivity index is 0. The minimum absolute atomic E-state index is 0.380. The molecule has 0 aliphatic heterocycles. The molecule has 0 aliphatic carbocycles. The van der Waals surface area contributed by atoms with E-state index < -0.39 is 0 Å². The van der Waals surface area contributed by atoms with Gasteiger partial charge in [0.15, 0.2) is 0 Å². The summed E-state index contributed by atoms with van der Waals surface area (Å²) in [6.45, 7) is 14.2. The van der Waals surface area contributed by atoms with Crippen LogP contribution in [0.5, 0.6) is 0 Å². The summed E-state index contributed by atoms with van der Waals surface area (Å²) in [7, 11) is 0. The zero-order valence-electron chi connectivity index (χ0n) is 10.8. The van der Waals surface area contributed by atoms with Crippen molar-refractivity contribution in [3.63, 3.8) is 0 Å². The number of rotatable bonds is 6. The van der Waals surface area contributed by atoms with Crippen LogP contribution in [-0.4, -0.2) is 25.4 Å². The first-order valence-corrected chi connectivity index (χ1v) is 5.81. The summed E-state index contributed by atoms with van der Waals surface area (Å²) in [4.78, 5) is 0. The van der Waals surface area contributed by atoms with E-state index in [-0.39, 0.29) is 0 Å². The summed E-state index contributed by atoms with van der Waals surface area (Å²) < 4.78 is 10.4. The van der Waals surface area contributed by atoms with Gasteiger partial charge in [-0.3, -0.25) is 0 Å². The third-order valence-corrected chi connectivity index (χ3v) is 1.63. The molecule has 0 heterocycles. The summed E-state index contributed by atoms with van der Waals surface area (Å²) >= 11 is 0. The Morgan fingerprint density at radius 1 is 1.00 bits per heavy atom. The highest BCUT2D eigenvalue weighted by atomic mass is 16.5. The van der Waals surface area contributed by atoms with E-state index in [1.807, 2.05) is 6.92 Å². The monoisotopic (exact) mass is 204 g/mol. The predicted molar refractivity (Wildman–Crippen MR) is 62.8 cm³/mol. The minimum atomic E-state index is 0.380. The lowest BCUT2D eigenvalue weighted by Gasteiger charge is -2.12. The fourth-order valence-electron chi connectivity index (χ4n) is 0.850. The topological polar surface area (TPSA) is 18.5 Å². The second-order valence-corrected chi connectivity index (χ2v) is 3.60. The van der Waals surface area contributed by atoms with E-state index in [0.717, 1.165) is 26.1 Å². The van der Waals surface area contributed by atoms with E-state index in [1.54, 1.807) is 0 Å². The highest BCUT2D eigenvalue weighted by Crippen LogP contribution is 1.99. The third kappa shape index (κ3) is 17.9. The smallest absolute Gasteiger partial charge is 0.0547 e. The summed E-state index contributed by atoms with van der Waals surface area (Å²) in [6, 6.07) is 0. The molecule has 14 heavy (non-hydrogen) atoms.